The van der Waals surface area contributed by atoms with Crippen molar-refractivity contribution < 1.29 is 0 Å². The van der Waals surface area contributed by atoms with Crippen LogP contribution in [-0.2, 0) is 0 Å². The van der Waals surface area contributed by atoms with Crippen molar-refractivity contribution in [2.75, 3.05) is 0 Å². The fourth-order valence-electron chi connectivity index (χ4n) is 1.44. The maximum Gasteiger partial charge on any atom is 0.116 e. The molecule has 17 heavy (non-hydrogen) atoms. The molecule has 2 rings (SSSR count). The molecule has 80 valence electrons. The topological polar surface area (TPSA) is 25.8 Å². The van der Waals surface area contributed by atoms with Gasteiger partial charge in [0.15, 0.2) is 0 Å². The van der Waals surface area contributed by atoms with Crippen LogP contribution in [0.1, 0.15) is 22.4 Å². The van der Waals surface area contributed by atoms with Crippen molar-refractivity contribution in [2.45, 2.75) is 6.92 Å². The molecule has 0 saturated heterocycles. The lowest BCUT2D eigenvalue weighted by Gasteiger charge is -1.96. The third-order valence-corrected chi connectivity index (χ3v) is 2.16. The van der Waals surface area contributed by atoms with Gasteiger partial charge < -0.3 is 0 Å². The van der Waals surface area contributed by atoms with Crippen LogP contribution in [0.5, 0.6) is 0 Å². The van der Waals surface area contributed by atoms with Crippen molar-refractivity contribution in [1.82, 2.24) is 9.97 Å². The summed E-state index contributed by atoms with van der Waals surface area (Å²) in [7, 11) is 0. The smallest absolute Gasteiger partial charge is 0.116 e. The molecule has 0 radical (unpaired) electrons. The van der Waals surface area contributed by atoms with E-state index in [0.29, 0.717) is 5.69 Å². The monoisotopic (exact) mass is 218 g/mol. The average molecular weight is 218 g/mol. The number of hydrogen-bond donors (Lipinski definition) is 0. The lowest BCUT2D eigenvalue weighted by Crippen LogP contribution is -1.84. The fourth-order valence-corrected chi connectivity index (χ4v) is 1.44. The highest BCUT2D eigenvalue weighted by molar-refractivity contribution is 5.47. The molecule has 0 N–H and O–H groups in total. The van der Waals surface area contributed by atoms with Gasteiger partial charge in [-0.3, -0.25) is 0 Å². The molecule has 2 aromatic rings. The molecule has 0 aliphatic rings. The normalized spacial score (nSPS) is 8.94. The average Bonchev–Trinajstić information content (AvgIpc) is 2.37. The minimum Gasteiger partial charge on any atom is -0.245 e. The van der Waals surface area contributed by atoms with E-state index in [9.17, 15) is 0 Å². The van der Waals surface area contributed by atoms with Crippen LogP contribution >= 0.6 is 0 Å². The van der Waals surface area contributed by atoms with Crippen LogP contribution in [0.25, 0.3) is 0 Å². The van der Waals surface area contributed by atoms with Crippen molar-refractivity contribution >= 4 is 0 Å². The Bertz CT molecular complexity index is 625. The maximum absolute atomic E-state index is 5.38. The summed E-state index contributed by atoms with van der Waals surface area (Å²) in [5.41, 5.74) is 3.55. The molecular weight excluding hydrogens is 208 g/mol. The van der Waals surface area contributed by atoms with Gasteiger partial charge in [-0.05, 0) is 42.7 Å². The van der Waals surface area contributed by atoms with E-state index < -0.39 is 0 Å². The van der Waals surface area contributed by atoms with Gasteiger partial charge in [-0.1, -0.05) is 11.8 Å². The summed E-state index contributed by atoms with van der Waals surface area (Å²) >= 11 is 0. The molecule has 0 atom stereocenters. The third-order valence-electron chi connectivity index (χ3n) is 2.16. The number of terminal acetylenes is 1. The lowest BCUT2D eigenvalue weighted by molar-refractivity contribution is 1.15. The van der Waals surface area contributed by atoms with Crippen molar-refractivity contribution in [3.05, 3.63) is 59.2 Å². The number of hydrogen-bond acceptors (Lipinski definition) is 2. The first-order valence-electron chi connectivity index (χ1n) is 5.14. The molecule has 0 saturated carbocycles. The largest absolute Gasteiger partial charge is 0.245 e. The van der Waals surface area contributed by atoms with E-state index in [1.165, 1.54) is 6.33 Å². The van der Waals surface area contributed by atoms with Crippen LogP contribution in [0, 0.1) is 31.1 Å². The predicted molar refractivity (Wildman–Crippen MR) is 67.1 cm³/mol. The van der Waals surface area contributed by atoms with E-state index in [-0.39, 0.29) is 0 Å². The molecule has 1 aromatic carbocycles. The lowest BCUT2D eigenvalue weighted by atomic mass is 10.1. The highest BCUT2D eigenvalue weighted by atomic mass is 14.8. The fraction of sp³-hybridized carbons (Fsp3) is 0.0667. The van der Waals surface area contributed by atoms with Gasteiger partial charge in [-0.15, -0.1) is 6.42 Å². The zero-order valence-corrected chi connectivity index (χ0v) is 9.44. The molecular formula is C15H10N2. The number of rotatable bonds is 0. The minimum atomic E-state index is 0.698. The Morgan fingerprint density at radius 3 is 2.65 bits per heavy atom. The quantitative estimate of drug-likeness (QED) is 0.633. The van der Waals surface area contributed by atoms with Crippen molar-refractivity contribution in [2.24, 2.45) is 0 Å². The van der Waals surface area contributed by atoms with E-state index in [4.69, 9.17) is 6.42 Å². The second-order valence-electron chi connectivity index (χ2n) is 3.58. The molecule has 0 aliphatic heterocycles. The Balaban J connectivity index is 2.35. The van der Waals surface area contributed by atoms with E-state index in [2.05, 4.69) is 27.7 Å². The molecule has 2 heteroatoms. The van der Waals surface area contributed by atoms with E-state index in [1.807, 2.05) is 25.1 Å². The number of benzene rings is 1. The predicted octanol–water partition coefficient (Wildman–Crippen LogP) is 2.17. The van der Waals surface area contributed by atoms with Crippen LogP contribution in [0.15, 0.2) is 36.8 Å². The number of nitrogens with zero attached hydrogens (tertiary/aromatic N) is 2. The van der Waals surface area contributed by atoms with Gasteiger partial charge in [0.1, 0.15) is 12.0 Å². The van der Waals surface area contributed by atoms with Crippen LogP contribution in [0.4, 0.5) is 0 Å². The highest BCUT2D eigenvalue weighted by Crippen LogP contribution is 2.07. The van der Waals surface area contributed by atoms with E-state index >= 15 is 0 Å². The minimum absolute atomic E-state index is 0.698. The maximum atomic E-state index is 5.38. The Morgan fingerprint density at radius 2 is 1.94 bits per heavy atom. The van der Waals surface area contributed by atoms with Gasteiger partial charge in [-0.25, -0.2) is 9.97 Å². The van der Waals surface area contributed by atoms with Crippen molar-refractivity contribution in [1.29, 1.82) is 0 Å². The molecule has 0 fully saturated rings. The summed E-state index contributed by atoms with van der Waals surface area (Å²) in [6.45, 7) is 2.00. The molecule has 0 aliphatic carbocycles. The van der Waals surface area contributed by atoms with Gasteiger partial charge in [0.25, 0.3) is 0 Å². The molecule has 1 aromatic heterocycles. The van der Waals surface area contributed by atoms with Crippen LogP contribution in [0.3, 0.4) is 0 Å². The van der Waals surface area contributed by atoms with Crippen LogP contribution in [0.2, 0.25) is 0 Å². The SMILES string of the molecule is C#Cc1cc(C)cc(C#Cc2ccncn2)c1. The summed E-state index contributed by atoms with van der Waals surface area (Å²) in [5, 5.41) is 0. The first-order valence-corrected chi connectivity index (χ1v) is 5.14. The summed E-state index contributed by atoms with van der Waals surface area (Å²) in [6, 6.07) is 7.61. The van der Waals surface area contributed by atoms with E-state index in [1.54, 1.807) is 12.3 Å². The van der Waals surface area contributed by atoms with Gasteiger partial charge in [0.2, 0.25) is 0 Å². The molecule has 2 nitrogen and oxygen atoms in total. The first-order chi connectivity index (χ1) is 8.28. The first kappa shape index (κ1) is 10.9. The molecule has 1 heterocycles. The molecule has 0 spiro atoms. The highest BCUT2D eigenvalue weighted by Gasteiger charge is 1.93. The van der Waals surface area contributed by atoms with E-state index in [0.717, 1.165) is 16.7 Å². The van der Waals surface area contributed by atoms with Crippen LogP contribution < -0.4 is 0 Å². The third kappa shape index (κ3) is 2.93. The summed E-state index contributed by atoms with van der Waals surface area (Å²) < 4.78 is 0. The second-order valence-corrected chi connectivity index (χ2v) is 3.58. The molecule has 0 bridgehead atoms. The Labute approximate surface area is 101 Å². The summed E-state index contributed by atoms with van der Waals surface area (Å²) in [5.74, 6) is 8.62. The van der Waals surface area contributed by atoms with Gasteiger partial charge >= 0.3 is 0 Å². The summed E-state index contributed by atoms with van der Waals surface area (Å²) in [6.07, 6.45) is 8.52. The summed E-state index contributed by atoms with van der Waals surface area (Å²) in [4.78, 5) is 7.87. The Morgan fingerprint density at radius 1 is 1.12 bits per heavy atom. The molecule has 0 amide bonds. The molecule has 0 unspecified atom stereocenters. The van der Waals surface area contributed by atoms with Gasteiger partial charge in [0, 0.05) is 17.3 Å². The standard InChI is InChI=1S/C15H10N2/c1-3-13-8-12(2)9-14(10-13)4-5-15-6-7-16-11-17-15/h1,6-11H,2H3. The van der Waals surface area contributed by atoms with Crippen molar-refractivity contribution in [3.8, 4) is 24.2 Å². The number of aromatic nitrogens is 2. The second kappa shape index (κ2) is 4.96. The number of aryl methyl sites for hydroxylation is 1. The van der Waals surface area contributed by atoms with Crippen LogP contribution in [-0.4, -0.2) is 9.97 Å². The zero-order chi connectivity index (χ0) is 12.1. The van der Waals surface area contributed by atoms with Crippen molar-refractivity contribution in [3.63, 3.8) is 0 Å². The Kier molecular flexibility index (Phi) is 3.19. The Hall–Kier alpha value is -2.58. The zero-order valence-electron chi connectivity index (χ0n) is 9.44. The van der Waals surface area contributed by atoms with Gasteiger partial charge in [-0.2, -0.15) is 0 Å². The van der Waals surface area contributed by atoms with Gasteiger partial charge in [0.05, 0.1) is 0 Å².